The lowest BCUT2D eigenvalue weighted by atomic mass is 10.2. The van der Waals surface area contributed by atoms with E-state index in [4.69, 9.17) is 0 Å². The van der Waals surface area contributed by atoms with Crippen LogP contribution in [-0.4, -0.2) is 14.5 Å². The second kappa shape index (κ2) is 3.37. The highest BCUT2D eigenvalue weighted by atomic mass is 79.9. The number of aryl methyl sites for hydroxylation is 1. The topological polar surface area (TPSA) is 37.5 Å². The third kappa shape index (κ3) is 1.44. The molecule has 0 aliphatic rings. The van der Waals surface area contributed by atoms with E-state index in [9.17, 15) is 5.11 Å². The molecule has 2 aromatic heterocycles. The van der Waals surface area contributed by atoms with Crippen molar-refractivity contribution in [3.05, 3.63) is 34.2 Å². The number of hydrogen-bond donors (Lipinski definition) is 1. The molecule has 3 nitrogen and oxygen atoms in total. The van der Waals surface area contributed by atoms with Crippen LogP contribution < -0.4 is 0 Å². The van der Waals surface area contributed by atoms with Crippen molar-refractivity contribution in [2.24, 2.45) is 0 Å². The molecule has 0 radical (unpaired) electrons. The Balaban J connectivity index is 2.77. The van der Waals surface area contributed by atoms with Gasteiger partial charge >= 0.3 is 0 Å². The van der Waals surface area contributed by atoms with Gasteiger partial charge in [0.05, 0.1) is 17.5 Å². The number of imidazole rings is 1. The van der Waals surface area contributed by atoms with Gasteiger partial charge in [-0.25, -0.2) is 4.98 Å². The minimum absolute atomic E-state index is 0.494. The molecule has 74 valence electrons. The number of rotatable bonds is 1. The number of halogens is 1. The number of aromatic nitrogens is 2. The van der Waals surface area contributed by atoms with Crippen molar-refractivity contribution in [3.63, 3.8) is 0 Å². The molecular weight excluding hydrogens is 244 g/mol. The van der Waals surface area contributed by atoms with Crippen LogP contribution >= 0.6 is 15.9 Å². The monoisotopic (exact) mass is 254 g/mol. The van der Waals surface area contributed by atoms with E-state index in [1.165, 1.54) is 0 Å². The van der Waals surface area contributed by atoms with Gasteiger partial charge in [0.15, 0.2) is 0 Å². The van der Waals surface area contributed by atoms with Crippen LogP contribution in [0.1, 0.15) is 24.4 Å². The number of hydrogen-bond acceptors (Lipinski definition) is 2. The zero-order valence-electron chi connectivity index (χ0n) is 8.03. The van der Waals surface area contributed by atoms with E-state index < -0.39 is 6.10 Å². The average molecular weight is 255 g/mol. The molecule has 0 bridgehead atoms. The normalized spacial score (nSPS) is 13.4. The van der Waals surface area contributed by atoms with Gasteiger partial charge in [-0.2, -0.15) is 0 Å². The number of fused-ring (bicyclic) bond motifs is 1. The first-order chi connectivity index (χ1) is 6.59. The van der Waals surface area contributed by atoms with Crippen LogP contribution in [0.4, 0.5) is 0 Å². The van der Waals surface area contributed by atoms with Crippen molar-refractivity contribution in [3.8, 4) is 0 Å². The predicted octanol–water partition coefficient (Wildman–Crippen LogP) is 2.46. The fraction of sp³-hybridized carbons (Fsp3) is 0.300. The summed E-state index contributed by atoms with van der Waals surface area (Å²) in [5, 5.41) is 9.59. The summed E-state index contributed by atoms with van der Waals surface area (Å²) in [7, 11) is 0. The maximum atomic E-state index is 9.59. The second-order valence-corrected chi connectivity index (χ2v) is 4.25. The molecule has 0 fully saturated rings. The largest absolute Gasteiger partial charge is 0.387 e. The molecule has 0 saturated heterocycles. The highest BCUT2D eigenvalue weighted by Gasteiger charge is 2.12. The molecule has 0 amide bonds. The Morgan fingerprint density at radius 1 is 1.57 bits per heavy atom. The van der Waals surface area contributed by atoms with Gasteiger partial charge in [0.1, 0.15) is 5.65 Å². The van der Waals surface area contributed by atoms with E-state index in [2.05, 4.69) is 20.9 Å². The van der Waals surface area contributed by atoms with Crippen molar-refractivity contribution in [2.45, 2.75) is 20.0 Å². The quantitative estimate of drug-likeness (QED) is 0.849. The minimum Gasteiger partial charge on any atom is -0.387 e. The van der Waals surface area contributed by atoms with E-state index >= 15 is 0 Å². The van der Waals surface area contributed by atoms with Crippen LogP contribution in [0.15, 0.2) is 22.8 Å². The maximum absolute atomic E-state index is 9.59. The van der Waals surface area contributed by atoms with Crippen LogP contribution in [-0.2, 0) is 0 Å². The van der Waals surface area contributed by atoms with E-state index in [0.717, 1.165) is 21.5 Å². The van der Waals surface area contributed by atoms with Crippen LogP contribution in [0, 0.1) is 6.92 Å². The molecule has 0 spiro atoms. The van der Waals surface area contributed by atoms with Crippen LogP contribution in [0.3, 0.4) is 0 Å². The van der Waals surface area contributed by atoms with Crippen molar-refractivity contribution >= 4 is 21.6 Å². The molecule has 2 heterocycles. The lowest BCUT2D eigenvalue weighted by Crippen LogP contribution is -1.98. The Bertz CT molecular complexity index is 476. The van der Waals surface area contributed by atoms with Crippen LogP contribution in [0.25, 0.3) is 5.65 Å². The molecule has 1 atom stereocenters. The summed E-state index contributed by atoms with van der Waals surface area (Å²) in [5.41, 5.74) is 2.58. The molecule has 14 heavy (non-hydrogen) atoms. The van der Waals surface area contributed by atoms with E-state index in [0.29, 0.717) is 0 Å². The molecule has 0 aliphatic heterocycles. The van der Waals surface area contributed by atoms with Gasteiger partial charge in [0.2, 0.25) is 0 Å². The molecule has 0 aliphatic carbocycles. The minimum atomic E-state index is -0.494. The Morgan fingerprint density at radius 2 is 2.29 bits per heavy atom. The second-order valence-electron chi connectivity index (χ2n) is 3.33. The molecule has 2 aromatic rings. The van der Waals surface area contributed by atoms with Gasteiger partial charge in [-0.05, 0) is 26.0 Å². The highest BCUT2D eigenvalue weighted by molar-refractivity contribution is 9.10. The molecule has 1 unspecified atom stereocenters. The summed E-state index contributed by atoms with van der Waals surface area (Å²) in [6, 6.07) is 3.86. The number of nitrogens with zero attached hydrogens (tertiary/aromatic N) is 2. The molecule has 0 saturated carbocycles. The van der Waals surface area contributed by atoms with Gasteiger partial charge < -0.3 is 9.51 Å². The fourth-order valence-corrected chi connectivity index (χ4v) is 1.98. The SMILES string of the molecule is Cc1nc2cc(Br)ccn2c1C(C)O. The van der Waals surface area contributed by atoms with Crippen molar-refractivity contribution in [2.75, 3.05) is 0 Å². The summed E-state index contributed by atoms with van der Waals surface area (Å²) >= 11 is 3.39. The van der Waals surface area contributed by atoms with E-state index in [1.54, 1.807) is 6.92 Å². The Labute approximate surface area is 90.5 Å². The number of pyridine rings is 1. The van der Waals surface area contributed by atoms with Crippen LogP contribution in [0.5, 0.6) is 0 Å². The average Bonchev–Trinajstić information content (AvgIpc) is 2.39. The fourth-order valence-electron chi connectivity index (χ4n) is 1.66. The van der Waals surface area contributed by atoms with E-state index in [-0.39, 0.29) is 0 Å². The summed E-state index contributed by atoms with van der Waals surface area (Å²) in [6.45, 7) is 3.65. The first-order valence-electron chi connectivity index (χ1n) is 4.42. The number of aliphatic hydroxyl groups excluding tert-OH is 1. The number of aliphatic hydroxyl groups is 1. The lowest BCUT2D eigenvalue weighted by molar-refractivity contribution is 0.192. The highest BCUT2D eigenvalue weighted by Crippen LogP contribution is 2.21. The van der Waals surface area contributed by atoms with E-state index in [1.807, 2.05) is 29.7 Å². The first-order valence-corrected chi connectivity index (χ1v) is 5.21. The zero-order chi connectivity index (χ0) is 10.3. The van der Waals surface area contributed by atoms with Crippen molar-refractivity contribution < 1.29 is 5.11 Å². The maximum Gasteiger partial charge on any atom is 0.138 e. The molecule has 1 N–H and O–H groups in total. The summed E-state index contributed by atoms with van der Waals surface area (Å²) in [4.78, 5) is 4.37. The molecular formula is C10H11BrN2O. The lowest BCUT2D eigenvalue weighted by Gasteiger charge is -2.05. The molecule has 4 heteroatoms. The predicted molar refractivity (Wildman–Crippen MR) is 58.3 cm³/mol. The molecule has 0 aromatic carbocycles. The van der Waals surface area contributed by atoms with Gasteiger partial charge in [0.25, 0.3) is 0 Å². The Morgan fingerprint density at radius 3 is 2.93 bits per heavy atom. The smallest absolute Gasteiger partial charge is 0.138 e. The van der Waals surface area contributed by atoms with Gasteiger partial charge in [-0.1, -0.05) is 15.9 Å². The van der Waals surface area contributed by atoms with Gasteiger partial charge in [-0.15, -0.1) is 0 Å². The molecule has 2 rings (SSSR count). The zero-order valence-corrected chi connectivity index (χ0v) is 9.62. The van der Waals surface area contributed by atoms with Gasteiger partial charge in [0, 0.05) is 10.7 Å². The summed E-state index contributed by atoms with van der Waals surface area (Å²) in [6.07, 6.45) is 1.41. The summed E-state index contributed by atoms with van der Waals surface area (Å²) in [5.74, 6) is 0. The van der Waals surface area contributed by atoms with Crippen molar-refractivity contribution in [1.82, 2.24) is 9.38 Å². The summed E-state index contributed by atoms with van der Waals surface area (Å²) < 4.78 is 2.90. The van der Waals surface area contributed by atoms with Crippen LogP contribution in [0.2, 0.25) is 0 Å². The third-order valence-corrected chi connectivity index (χ3v) is 2.70. The Hall–Kier alpha value is -0.870. The third-order valence-electron chi connectivity index (χ3n) is 2.20. The standard InChI is InChI=1S/C10H11BrN2O/c1-6-10(7(2)14)13-4-3-8(11)5-9(13)12-6/h3-5,7,14H,1-2H3. The van der Waals surface area contributed by atoms with Crippen molar-refractivity contribution in [1.29, 1.82) is 0 Å². The van der Waals surface area contributed by atoms with Gasteiger partial charge in [-0.3, -0.25) is 0 Å². The first kappa shape index (κ1) is 9.68. The Kier molecular flexibility index (Phi) is 2.33.